The third-order valence-corrected chi connectivity index (χ3v) is 4.45. The van der Waals surface area contributed by atoms with Crippen LogP contribution in [0.15, 0.2) is 18.2 Å². The highest BCUT2D eigenvalue weighted by atomic mass is 16.4. The number of carboxylic acids is 1. The molecule has 5 heteroatoms. The molecule has 118 valence electrons. The summed E-state index contributed by atoms with van der Waals surface area (Å²) >= 11 is 0. The Kier molecular flexibility index (Phi) is 3.91. The number of carboxylic acid groups (broad SMARTS) is 1. The smallest absolute Gasteiger partial charge is 0.356 e. The van der Waals surface area contributed by atoms with Crippen LogP contribution < -0.4 is 0 Å². The van der Waals surface area contributed by atoms with Gasteiger partial charge >= 0.3 is 5.97 Å². The lowest BCUT2D eigenvalue weighted by molar-refractivity contribution is 0.0686. The lowest BCUT2D eigenvalue weighted by Crippen LogP contribution is -2.38. The van der Waals surface area contributed by atoms with Crippen LogP contribution in [-0.4, -0.2) is 38.4 Å². The van der Waals surface area contributed by atoms with E-state index in [9.17, 15) is 9.90 Å². The van der Waals surface area contributed by atoms with Crippen LogP contribution in [0, 0.1) is 18.8 Å². The highest BCUT2D eigenvalue weighted by Gasteiger charge is 2.26. The van der Waals surface area contributed by atoms with Crippen molar-refractivity contribution in [3.05, 3.63) is 35.3 Å². The summed E-state index contributed by atoms with van der Waals surface area (Å²) in [4.78, 5) is 18.3. The molecule has 1 fully saturated rings. The van der Waals surface area contributed by atoms with Gasteiger partial charge in [0.15, 0.2) is 5.69 Å². The fraction of sp³-hybridized carbons (Fsp3) is 0.529. The van der Waals surface area contributed by atoms with Crippen molar-refractivity contribution in [3.63, 3.8) is 0 Å². The Labute approximate surface area is 130 Å². The van der Waals surface area contributed by atoms with Gasteiger partial charge in [0.25, 0.3) is 0 Å². The fourth-order valence-electron chi connectivity index (χ4n) is 3.78. The highest BCUT2D eigenvalue weighted by Crippen LogP contribution is 2.24. The molecule has 2 aromatic rings. The summed E-state index contributed by atoms with van der Waals surface area (Å²) in [6.45, 7) is 9.19. The maximum atomic E-state index is 11.6. The van der Waals surface area contributed by atoms with Crippen LogP contribution in [0.5, 0.6) is 0 Å². The molecule has 1 aliphatic rings. The SMILES string of the molecule is Cc1cccc2nc(C(=O)O)c(CN3CC(C)CC(C)C3)n12. The van der Waals surface area contributed by atoms with Crippen molar-refractivity contribution in [2.45, 2.75) is 33.7 Å². The van der Waals surface area contributed by atoms with E-state index < -0.39 is 5.97 Å². The topological polar surface area (TPSA) is 57.8 Å². The summed E-state index contributed by atoms with van der Waals surface area (Å²) in [6, 6.07) is 5.77. The molecule has 5 nitrogen and oxygen atoms in total. The molecule has 3 heterocycles. The van der Waals surface area contributed by atoms with Gasteiger partial charge in [0, 0.05) is 25.3 Å². The zero-order chi connectivity index (χ0) is 15.9. The van der Waals surface area contributed by atoms with Crippen LogP contribution in [0.1, 0.15) is 42.1 Å². The summed E-state index contributed by atoms with van der Waals surface area (Å²) in [5, 5.41) is 9.50. The van der Waals surface area contributed by atoms with E-state index in [2.05, 4.69) is 23.7 Å². The van der Waals surface area contributed by atoms with Crippen molar-refractivity contribution in [2.24, 2.45) is 11.8 Å². The maximum Gasteiger partial charge on any atom is 0.356 e. The molecule has 3 rings (SSSR count). The number of piperidine rings is 1. The van der Waals surface area contributed by atoms with Crippen molar-refractivity contribution < 1.29 is 9.90 Å². The minimum atomic E-state index is -0.948. The molecule has 1 saturated heterocycles. The molecule has 1 aliphatic heterocycles. The van der Waals surface area contributed by atoms with Gasteiger partial charge in [-0.15, -0.1) is 0 Å². The monoisotopic (exact) mass is 301 g/mol. The fourth-order valence-corrected chi connectivity index (χ4v) is 3.78. The third-order valence-electron chi connectivity index (χ3n) is 4.45. The van der Waals surface area contributed by atoms with E-state index in [-0.39, 0.29) is 5.69 Å². The molecule has 0 bridgehead atoms. The van der Waals surface area contributed by atoms with Crippen molar-refractivity contribution in [1.82, 2.24) is 14.3 Å². The summed E-state index contributed by atoms with van der Waals surface area (Å²) in [7, 11) is 0. The largest absolute Gasteiger partial charge is 0.476 e. The molecule has 1 N–H and O–H groups in total. The molecule has 0 aromatic carbocycles. The lowest BCUT2D eigenvalue weighted by Gasteiger charge is -2.34. The Hall–Kier alpha value is -1.88. The molecule has 0 amide bonds. The second-order valence-corrected chi connectivity index (χ2v) is 6.71. The van der Waals surface area contributed by atoms with Crippen LogP contribution in [0.4, 0.5) is 0 Å². The second-order valence-electron chi connectivity index (χ2n) is 6.71. The number of rotatable bonds is 3. The number of imidazole rings is 1. The average Bonchev–Trinajstić information content (AvgIpc) is 2.78. The van der Waals surface area contributed by atoms with Crippen LogP contribution in [0.25, 0.3) is 5.65 Å². The van der Waals surface area contributed by atoms with E-state index in [1.165, 1.54) is 6.42 Å². The van der Waals surface area contributed by atoms with Crippen LogP contribution in [0.2, 0.25) is 0 Å². The Morgan fingerprint density at radius 2 is 2.00 bits per heavy atom. The number of hydrogen-bond donors (Lipinski definition) is 1. The Morgan fingerprint density at radius 3 is 2.64 bits per heavy atom. The highest BCUT2D eigenvalue weighted by molar-refractivity contribution is 5.88. The van der Waals surface area contributed by atoms with E-state index in [0.29, 0.717) is 24.0 Å². The second kappa shape index (κ2) is 5.72. The molecule has 2 unspecified atom stereocenters. The van der Waals surface area contributed by atoms with Crippen LogP contribution >= 0.6 is 0 Å². The van der Waals surface area contributed by atoms with Crippen molar-refractivity contribution in [1.29, 1.82) is 0 Å². The van der Waals surface area contributed by atoms with Gasteiger partial charge in [-0.05, 0) is 37.3 Å². The Bertz CT molecular complexity index is 697. The standard InChI is InChI=1S/C17H23N3O2/c1-11-7-12(2)9-19(8-11)10-14-16(17(21)22)18-15-6-4-5-13(3)20(14)15/h4-6,11-12H,7-10H2,1-3H3,(H,21,22). The minimum absolute atomic E-state index is 0.181. The normalized spacial score (nSPS) is 23.0. The maximum absolute atomic E-state index is 11.6. The summed E-state index contributed by atoms with van der Waals surface area (Å²) < 4.78 is 1.98. The molecular weight excluding hydrogens is 278 g/mol. The van der Waals surface area contributed by atoms with Gasteiger partial charge in [0.05, 0.1) is 5.69 Å². The van der Waals surface area contributed by atoms with Gasteiger partial charge in [-0.25, -0.2) is 9.78 Å². The number of carbonyl (C=O) groups is 1. The van der Waals surface area contributed by atoms with Gasteiger partial charge in [0.1, 0.15) is 5.65 Å². The quantitative estimate of drug-likeness (QED) is 0.947. The molecule has 0 aliphatic carbocycles. The number of fused-ring (bicyclic) bond motifs is 1. The van der Waals surface area contributed by atoms with Crippen molar-refractivity contribution in [2.75, 3.05) is 13.1 Å². The van der Waals surface area contributed by atoms with Gasteiger partial charge in [0.2, 0.25) is 0 Å². The first kappa shape index (κ1) is 15.0. The molecule has 2 atom stereocenters. The number of aromatic nitrogens is 2. The van der Waals surface area contributed by atoms with Gasteiger partial charge < -0.3 is 5.11 Å². The predicted molar refractivity (Wildman–Crippen MR) is 85.1 cm³/mol. The number of likely N-dealkylation sites (tertiary alicyclic amines) is 1. The van der Waals surface area contributed by atoms with Gasteiger partial charge in [-0.2, -0.15) is 0 Å². The minimum Gasteiger partial charge on any atom is -0.476 e. The first-order valence-corrected chi connectivity index (χ1v) is 7.88. The van der Waals surface area contributed by atoms with Gasteiger partial charge in [-0.3, -0.25) is 9.30 Å². The molecule has 0 spiro atoms. The van der Waals surface area contributed by atoms with Crippen molar-refractivity contribution >= 4 is 11.6 Å². The average molecular weight is 301 g/mol. The number of aromatic carboxylic acids is 1. The summed E-state index contributed by atoms with van der Waals surface area (Å²) in [5.74, 6) is 0.353. The number of aryl methyl sites for hydroxylation is 1. The zero-order valence-corrected chi connectivity index (χ0v) is 13.4. The van der Waals surface area contributed by atoms with Gasteiger partial charge in [-0.1, -0.05) is 19.9 Å². The number of nitrogens with zero attached hydrogens (tertiary/aromatic N) is 3. The van der Waals surface area contributed by atoms with E-state index in [1.807, 2.05) is 29.5 Å². The third kappa shape index (κ3) is 2.73. The van der Waals surface area contributed by atoms with E-state index in [1.54, 1.807) is 0 Å². The van der Waals surface area contributed by atoms with Crippen molar-refractivity contribution in [3.8, 4) is 0 Å². The predicted octanol–water partition coefficient (Wildman–Crippen LogP) is 2.82. The summed E-state index contributed by atoms with van der Waals surface area (Å²) in [5.41, 5.74) is 2.71. The zero-order valence-electron chi connectivity index (χ0n) is 13.4. The summed E-state index contributed by atoms with van der Waals surface area (Å²) in [6.07, 6.45) is 1.24. The molecule has 0 radical (unpaired) electrons. The molecular formula is C17H23N3O2. The molecule has 22 heavy (non-hydrogen) atoms. The molecule has 0 saturated carbocycles. The van der Waals surface area contributed by atoms with E-state index in [4.69, 9.17) is 0 Å². The first-order valence-electron chi connectivity index (χ1n) is 7.88. The lowest BCUT2D eigenvalue weighted by atomic mass is 9.92. The molecule has 2 aromatic heterocycles. The van der Waals surface area contributed by atoms with E-state index in [0.717, 1.165) is 24.5 Å². The number of hydrogen-bond acceptors (Lipinski definition) is 3. The van der Waals surface area contributed by atoms with Crippen LogP contribution in [-0.2, 0) is 6.54 Å². The number of pyridine rings is 1. The Balaban J connectivity index is 2.01. The Morgan fingerprint density at radius 1 is 1.32 bits per heavy atom. The van der Waals surface area contributed by atoms with E-state index >= 15 is 0 Å². The van der Waals surface area contributed by atoms with Crippen LogP contribution in [0.3, 0.4) is 0 Å². The first-order chi connectivity index (χ1) is 10.5.